The van der Waals surface area contributed by atoms with E-state index in [0.717, 1.165) is 12.8 Å². The van der Waals surface area contributed by atoms with Crippen molar-refractivity contribution in [3.8, 4) is 10.4 Å². The second kappa shape index (κ2) is 6.68. The van der Waals surface area contributed by atoms with Crippen LogP contribution in [0.15, 0.2) is 79.4 Å². The number of aryl methyl sites for hydroxylation is 1. The Morgan fingerprint density at radius 3 is 2.37 bits per heavy atom. The van der Waals surface area contributed by atoms with Crippen molar-refractivity contribution in [2.24, 2.45) is 0 Å². The molecule has 1 aliphatic rings. The summed E-state index contributed by atoms with van der Waals surface area (Å²) >= 11 is 1.91. The maximum atomic E-state index is 3.84. The smallest absolute Gasteiger partial charge is 0.0352 e. The highest BCUT2D eigenvalue weighted by atomic mass is 32.1. The molecule has 5 rings (SSSR count). The van der Waals surface area contributed by atoms with Gasteiger partial charge in [0.25, 0.3) is 0 Å². The molecule has 1 heteroatoms. The Kier molecular flexibility index (Phi) is 4.03. The number of thiophene rings is 1. The van der Waals surface area contributed by atoms with E-state index in [0.29, 0.717) is 0 Å². The van der Waals surface area contributed by atoms with Gasteiger partial charge in [-0.05, 0) is 69.6 Å². The molecule has 0 N–H and O–H groups in total. The zero-order valence-electron chi connectivity index (χ0n) is 15.1. The van der Waals surface area contributed by atoms with Gasteiger partial charge in [-0.15, -0.1) is 11.3 Å². The first-order valence-corrected chi connectivity index (χ1v) is 10.2. The van der Waals surface area contributed by atoms with Crippen LogP contribution in [0.4, 0.5) is 0 Å². The monoisotopic (exact) mass is 364 g/mol. The summed E-state index contributed by atoms with van der Waals surface area (Å²) in [6, 6.07) is 26.5. The highest BCUT2D eigenvalue weighted by Gasteiger charge is 2.16. The van der Waals surface area contributed by atoms with Gasteiger partial charge in [0.15, 0.2) is 0 Å². The van der Waals surface area contributed by atoms with E-state index in [4.69, 9.17) is 0 Å². The Hall–Kier alpha value is -2.90. The first-order valence-electron chi connectivity index (χ1n) is 9.35. The lowest BCUT2D eigenvalue weighted by atomic mass is 9.92. The molecule has 0 atom stereocenters. The second-order valence-electron chi connectivity index (χ2n) is 7.06. The number of benzene rings is 3. The third kappa shape index (κ3) is 3.05. The van der Waals surface area contributed by atoms with E-state index < -0.39 is 0 Å². The van der Waals surface area contributed by atoms with Crippen LogP contribution in [0, 0.1) is 0 Å². The average Bonchev–Trinajstić information content (AvgIpc) is 3.17. The van der Waals surface area contributed by atoms with Gasteiger partial charge < -0.3 is 0 Å². The van der Waals surface area contributed by atoms with Gasteiger partial charge in [0, 0.05) is 9.75 Å². The minimum absolute atomic E-state index is 1.11. The Morgan fingerprint density at radius 2 is 1.56 bits per heavy atom. The minimum atomic E-state index is 1.11. The highest BCUT2D eigenvalue weighted by molar-refractivity contribution is 7.16. The van der Waals surface area contributed by atoms with E-state index in [-0.39, 0.29) is 0 Å². The average molecular weight is 365 g/mol. The topological polar surface area (TPSA) is 0 Å². The Balaban J connectivity index is 1.51. The molecule has 0 saturated carbocycles. The van der Waals surface area contributed by atoms with E-state index in [2.05, 4.69) is 85.5 Å². The second-order valence-corrected chi connectivity index (χ2v) is 8.14. The van der Waals surface area contributed by atoms with Crippen LogP contribution in [0.3, 0.4) is 0 Å². The quantitative estimate of drug-likeness (QED) is 0.349. The number of rotatable bonds is 3. The van der Waals surface area contributed by atoms with E-state index in [1.54, 1.807) is 0 Å². The van der Waals surface area contributed by atoms with Crippen molar-refractivity contribution >= 4 is 39.8 Å². The maximum absolute atomic E-state index is 3.84. The first-order chi connectivity index (χ1) is 13.3. The number of allylic oxidation sites excluding steroid dienone is 1. The van der Waals surface area contributed by atoms with Crippen molar-refractivity contribution in [1.82, 2.24) is 0 Å². The normalized spacial score (nSPS) is 13.3. The fourth-order valence-corrected chi connectivity index (χ4v) is 4.98. The first kappa shape index (κ1) is 16.3. The summed E-state index contributed by atoms with van der Waals surface area (Å²) in [7, 11) is 0. The van der Waals surface area contributed by atoms with Crippen molar-refractivity contribution < 1.29 is 0 Å². The van der Waals surface area contributed by atoms with Gasteiger partial charge in [-0.2, -0.15) is 0 Å². The summed E-state index contributed by atoms with van der Waals surface area (Å²) in [6.07, 6.45) is 6.51. The summed E-state index contributed by atoms with van der Waals surface area (Å²) in [5.74, 6) is 0. The molecular weight excluding hydrogens is 344 g/mol. The summed E-state index contributed by atoms with van der Waals surface area (Å²) in [4.78, 5) is 2.78. The lowest BCUT2D eigenvalue weighted by molar-refractivity contribution is 1.01. The van der Waals surface area contributed by atoms with Crippen LogP contribution in [0.2, 0.25) is 0 Å². The van der Waals surface area contributed by atoms with Gasteiger partial charge in [-0.1, -0.05) is 73.3 Å². The largest absolute Gasteiger partial charge is 0.136 e. The van der Waals surface area contributed by atoms with Crippen molar-refractivity contribution in [2.75, 3.05) is 0 Å². The van der Waals surface area contributed by atoms with Crippen molar-refractivity contribution in [1.29, 1.82) is 0 Å². The predicted molar refractivity (Wildman–Crippen MR) is 120 cm³/mol. The van der Waals surface area contributed by atoms with E-state index in [1.165, 1.54) is 48.4 Å². The van der Waals surface area contributed by atoms with Gasteiger partial charge >= 0.3 is 0 Å². The Labute approximate surface area is 164 Å². The van der Waals surface area contributed by atoms with Crippen molar-refractivity contribution in [3.63, 3.8) is 0 Å². The molecule has 1 aliphatic carbocycles. The van der Waals surface area contributed by atoms with Gasteiger partial charge in [-0.25, -0.2) is 0 Å². The fourth-order valence-electron chi connectivity index (χ4n) is 3.81. The summed E-state index contributed by atoms with van der Waals surface area (Å²) in [5, 5.41) is 2.60. The Bertz CT molecular complexity index is 1170. The van der Waals surface area contributed by atoms with Crippen LogP contribution in [0.25, 0.3) is 38.9 Å². The lowest BCUT2D eigenvalue weighted by Gasteiger charge is -2.13. The molecule has 0 nitrogen and oxygen atoms in total. The summed E-state index contributed by atoms with van der Waals surface area (Å²) in [5.41, 5.74) is 6.73. The molecule has 0 bridgehead atoms. The molecule has 0 radical (unpaired) electrons. The van der Waals surface area contributed by atoms with E-state index in [1.807, 2.05) is 17.4 Å². The zero-order chi connectivity index (χ0) is 18.2. The van der Waals surface area contributed by atoms with Gasteiger partial charge in [0.05, 0.1) is 0 Å². The predicted octanol–water partition coefficient (Wildman–Crippen LogP) is 7.70. The molecule has 4 aromatic rings. The third-order valence-corrected chi connectivity index (χ3v) is 6.54. The summed E-state index contributed by atoms with van der Waals surface area (Å²) < 4.78 is 0. The molecule has 0 fully saturated rings. The molecule has 3 aromatic carbocycles. The van der Waals surface area contributed by atoms with Gasteiger partial charge in [0.1, 0.15) is 0 Å². The van der Waals surface area contributed by atoms with Crippen LogP contribution in [0.5, 0.6) is 0 Å². The van der Waals surface area contributed by atoms with Crippen LogP contribution in [-0.4, -0.2) is 0 Å². The van der Waals surface area contributed by atoms with Crippen LogP contribution in [-0.2, 0) is 6.42 Å². The van der Waals surface area contributed by atoms with Crippen molar-refractivity contribution in [2.45, 2.75) is 12.8 Å². The van der Waals surface area contributed by atoms with Gasteiger partial charge in [-0.3, -0.25) is 0 Å². The molecule has 130 valence electrons. The zero-order valence-corrected chi connectivity index (χ0v) is 15.9. The number of fused-ring (bicyclic) bond motifs is 2. The fraction of sp³-hybridized carbons (Fsp3) is 0.0769. The molecule has 0 unspecified atom stereocenters. The summed E-state index contributed by atoms with van der Waals surface area (Å²) in [6.45, 7) is 3.84. The third-order valence-electron chi connectivity index (χ3n) is 5.36. The Morgan fingerprint density at radius 1 is 0.778 bits per heavy atom. The lowest BCUT2D eigenvalue weighted by Crippen LogP contribution is -1.95. The molecule has 0 aliphatic heterocycles. The number of hydrogen-bond acceptors (Lipinski definition) is 1. The number of hydrogen-bond donors (Lipinski definition) is 0. The molecule has 27 heavy (non-hydrogen) atoms. The standard InChI is InChI=1S/C26H20S/c1-2-18-7-9-20(10-8-18)22-12-14-24-17-26(27-25(24)16-22)23-13-11-19-5-3-4-6-21(19)15-23/h2-11,13,15-17H,1,12,14H2. The van der Waals surface area contributed by atoms with Crippen LogP contribution < -0.4 is 0 Å². The van der Waals surface area contributed by atoms with Gasteiger partial charge in [0.2, 0.25) is 0 Å². The van der Waals surface area contributed by atoms with Crippen molar-refractivity contribution in [3.05, 3.63) is 101 Å². The molecule has 0 saturated heterocycles. The molecule has 1 aromatic heterocycles. The van der Waals surface area contributed by atoms with Crippen LogP contribution >= 0.6 is 11.3 Å². The SMILES string of the molecule is C=Cc1ccc(C2=Cc3sc(-c4ccc5ccccc5c4)cc3CC2)cc1. The maximum Gasteiger partial charge on any atom is 0.0352 e. The minimum Gasteiger partial charge on any atom is -0.136 e. The van der Waals surface area contributed by atoms with Crippen LogP contribution in [0.1, 0.15) is 28.0 Å². The highest BCUT2D eigenvalue weighted by Crippen LogP contribution is 2.39. The molecular formula is C26H20S. The molecule has 0 amide bonds. The molecule has 0 spiro atoms. The van der Waals surface area contributed by atoms with E-state index >= 15 is 0 Å². The van der Waals surface area contributed by atoms with E-state index in [9.17, 15) is 0 Å². The molecule has 1 heterocycles.